The molecule has 0 fully saturated rings. The predicted octanol–water partition coefficient (Wildman–Crippen LogP) is 5.63. The minimum absolute atomic E-state index is 0.0532. The van der Waals surface area contributed by atoms with Gasteiger partial charge in [0.2, 0.25) is 11.8 Å². The van der Waals surface area contributed by atoms with Crippen molar-refractivity contribution >= 4 is 27.5 Å². The lowest BCUT2D eigenvalue weighted by molar-refractivity contribution is -0.140. The molecule has 1 N–H and O–H groups in total. The molecule has 4 aromatic carbocycles. The summed E-state index contributed by atoms with van der Waals surface area (Å²) in [6.07, 6.45) is 0.0981. The largest absolute Gasteiger partial charge is 0.352 e. The summed E-state index contributed by atoms with van der Waals surface area (Å²) >= 11 is 0. The Kier molecular flexibility index (Phi) is 10.5. The molecule has 0 aliphatic rings. The minimum Gasteiger partial charge on any atom is -0.352 e. The fraction of sp³-hybridized carbons (Fsp3) is 0.235. The number of rotatable bonds is 12. The number of anilines is 1. The highest BCUT2D eigenvalue weighted by atomic mass is 32.2. The van der Waals surface area contributed by atoms with Crippen LogP contribution in [0.15, 0.2) is 108 Å². The van der Waals surface area contributed by atoms with E-state index in [1.165, 1.54) is 47.4 Å². The number of nitrogens with zero attached hydrogens (tertiary/aromatic N) is 2. The zero-order valence-electron chi connectivity index (χ0n) is 24.8. The Bertz CT molecular complexity index is 1680. The van der Waals surface area contributed by atoms with Crippen LogP contribution >= 0.6 is 0 Å². The highest BCUT2D eigenvalue weighted by Gasteiger charge is 2.35. The summed E-state index contributed by atoms with van der Waals surface area (Å²) in [4.78, 5) is 29.1. The van der Waals surface area contributed by atoms with Crippen molar-refractivity contribution in [3.05, 3.63) is 131 Å². The van der Waals surface area contributed by atoms with E-state index >= 15 is 0 Å². The number of carbonyl (C=O) groups is 2. The van der Waals surface area contributed by atoms with Gasteiger partial charge in [0.05, 0.1) is 10.6 Å². The summed E-state index contributed by atoms with van der Waals surface area (Å²) in [5.41, 5.74) is 1.80. The summed E-state index contributed by atoms with van der Waals surface area (Å²) in [7, 11) is -4.33. The summed E-state index contributed by atoms with van der Waals surface area (Å²) in [6.45, 7) is 4.36. The number of hydrogen-bond donors (Lipinski definition) is 1. The van der Waals surface area contributed by atoms with Crippen LogP contribution in [0, 0.1) is 18.6 Å². The van der Waals surface area contributed by atoms with Crippen LogP contribution in [0.3, 0.4) is 0 Å². The fourth-order valence-electron chi connectivity index (χ4n) is 4.72. The van der Waals surface area contributed by atoms with Gasteiger partial charge in [0, 0.05) is 24.6 Å². The first-order chi connectivity index (χ1) is 21.0. The van der Waals surface area contributed by atoms with Gasteiger partial charge >= 0.3 is 0 Å². The number of carbonyl (C=O) groups excluding carboxylic acids is 2. The van der Waals surface area contributed by atoms with Crippen LogP contribution in [0.5, 0.6) is 0 Å². The number of aryl methyl sites for hydroxylation is 1. The second kappa shape index (κ2) is 14.3. The fourth-order valence-corrected chi connectivity index (χ4v) is 6.13. The quantitative estimate of drug-likeness (QED) is 0.223. The van der Waals surface area contributed by atoms with Crippen molar-refractivity contribution in [2.75, 3.05) is 10.8 Å². The van der Waals surface area contributed by atoms with Crippen molar-refractivity contribution in [1.29, 1.82) is 0 Å². The molecule has 0 aromatic heterocycles. The smallest absolute Gasteiger partial charge is 0.264 e. The highest BCUT2D eigenvalue weighted by Crippen LogP contribution is 2.26. The number of amides is 2. The summed E-state index contributed by atoms with van der Waals surface area (Å²) in [5, 5.41) is 2.85. The third-order valence-electron chi connectivity index (χ3n) is 7.00. The van der Waals surface area contributed by atoms with Crippen LogP contribution in [-0.4, -0.2) is 43.8 Å². The van der Waals surface area contributed by atoms with Crippen molar-refractivity contribution in [3.8, 4) is 0 Å². The molecule has 2 amide bonds. The molecule has 0 saturated carbocycles. The standard InChI is InChI=1S/C34H35F2N3O4S/c1-24(2)37-34(41)32(21-26-9-5-4-6-10-26)38(22-27-11-7-8-12-31(27)36)33(40)23-39(29-17-15-28(35)16-18-29)44(42,43)30-19-13-25(3)14-20-30/h4-20,24,32H,21-23H2,1-3H3,(H,37,41). The number of benzene rings is 4. The molecule has 4 rings (SSSR count). The maximum Gasteiger partial charge on any atom is 0.264 e. The van der Waals surface area contributed by atoms with Gasteiger partial charge in [0.25, 0.3) is 10.0 Å². The first-order valence-corrected chi connectivity index (χ1v) is 15.6. The third-order valence-corrected chi connectivity index (χ3v) is 8.79. The SMILES string of the molecule is Cc1ccc(S(=O)(=O)N(CC(=O)N(Cc2ccccc2F)C(Cc2ccccc2)C(=O)NC(C)C)c2ccc(F)cc2)cc1. The molecule has 4 aromatic rings. The van der Waals surface area contributed by atoms with Gasteiger partial charge in [0.15, 0.2) is 0 Å². The van der Waals surface area contributed by atoms with E-state index in [-0.39, 0.29) is 35.2 Å². The maximum atomic E-state index is 14.9. The van der Waals surface area contributed by atoms with Gasteiger partial charge < -0.3 is 10.2 Å². The van der Waals surface area contributed by atoms with Crippen LogP contribution in [0.25, 0.3) is 0 Å². The van der Waals surface area contributed by atoms with Crippen molar-refractivity contribution in [2.24, 2.45) is 0 Å². The lowest BCUT2D eigenvalue weighted by Crippen LogP contribution is -2.54. The topological polar surface area (TPSA) is 86.8 Å². The molecule has 1 unspecified atom stereocenters. The average molecular weight is 620 g/mol. The van der Waals surface area contributed by atoms with E-state index in [0.717, 1.165) is 27.6 Å². The molecule has 0 spiro atoms. The maximum absolute atomic E-state index is 14.9. The highest BCUT2D eigenvalue weighted by molar-refractivity contribution is 7.92. The lowest BCUT2D eigenvalue weighted by Gasteiger charge is -2.34. The minimum atomic E-state index is -4.33. The molecule has 230 valence electrons. The van der Waals surface area contributed by atoms with Gasteiger partial charge in [-0.1, -0.05) is 66.2 Å². The molecule has 0 aliphatic heterocycles. The van der Waals surface area contributed by atoms with Gasteiger partial charge in [-0.25, -0.2) is 17.2 Å². The van der Waals surface area contributed by atoms with E-state index in [9.17, 15) is 26.8 Å². The third kappa shape index (κ3) is 8.08. The predicted molar refractivity (Wildman–Crippen MR) is 166 cm³/mol. The van der Waals surface area contributed by atoms with E-state index in [2.05, 4.69) is 5.32 Å². The van der Waals surface area contributed by atoms with E-state index in [4.69, 9.17) is 0 Å². The lowest BCUT2D eigenvalue weighted by atomic mass is 10.0. The van der Waals surface area contributed by atoms with E-state index in [1.54, 1.807) is 44.2 Å². The molecular weight excluding hydrogens is 584 g/mol. The Hall–Kier alpha value is -4.57. The summed E-state index contributed by atoms with van der Waals surface area (Å²) in [6, 6.07) is 24.5. The first-order valence-electron chi connectivity index (χ1n) is 14.2. The second-order valence-corrected chi connectivity index (χ2v) is 12.6. The average Bonchev–Trinajstić information content (AvgIpc) is 2.99. The van der Waals surface area contributed by atoms with Gasteiger partial charge in [-0.2, -0.15) is 0 Å². The van der Waals surface area contributed by atoms with Crippen LogP contribution in [0.2, 0.25) is 0 Å². The molecule has 0 bridgehead atoms. The van der Waals surface area contributed by atoms with E-state index in [0.29, 0.717) is 0 Å². The molecule has 0 saturated heterocycles. The number of sulfonamides is 1. The normalized spacial score (nSPS) is 12.0. The molecule has 44 heavy (non-hydrogen) atoms. The molecule has 10 heteroatoms. The molecule has 0 radical (unpaired) electrons. The Morgan fingerprint density at radius 1 is 0.818 bits per heavy atom. The van der Waals surface area contributed by atoms with Crippen molar-refractivity contribution in [1.82, 2.24) is 10.2 Å². The van der Waals surface area contributed by atoms with Gasteiger partial charge in [-0.15, -0.1) is 0 Å². The molecule has 1 atom stereocenters. The van der Waals surface area contributed by atoms with E-state index < -0.39 is 46.1 Å². The molecule has 7 nitrogen and oxygen atoms in total. The Morgan fingerprint density at radius 3 is 2.05 bits per heavy atom. The van der Waals surface area contributed by atoms with Crippen molar-refractivity contribution in [3.63, 3.8) is 0 Å². The number of halogens is 2. The zero-order chi connectivity index (χ0) is 31.9. The summed E-state index contributed by atoms with van der Waals surface area (Å²) < 4.78 is 57.6. The summed E-state index contributed by atoms with van der Waals surface area (Å²) in [5.74, 6) is -2.37. The van der Waals surface area contributed by atoms with Crippen LogP contribution in [0.4, 0.5) is 14.5 Å². The number of hydrogen-bond acceptors (Lipinski definition) is 4. The van der Waals surface area contributed by atoms with Crippen molar-refractivity contribution < 1.29 is 26.8 Å². The Morgan fingerprint density at radius 2 is 1.43 bits per heavy atom. The molecule has 0 heterocycles. The second-order valence-electron chi connectivity index (χ2n) is 10.8. The Balaban J connectivity index is 1.81. The Labute approximate surface area is 257 Å². The first kappa shape index (κ1) is 32.3. The van der Waals surface area contributed by atoms with Crippen LogP contribution < -0.4 is 9.62 Å². The number of nitrogens with one attached hydrogen (secondary N) is 1. The molecular formula is C34H35F2N3O4S. The van der Waals surface area contributed by atoms with Gasteiger partial charge in [-0.3, -0.25) is 13.9 Å². The molecule has 0 aliphatic carbocycles. The van der Waals surface area contributed by atoms with Gasteiger partial charge in [0.1, 0.15) is 24.2 Å². The van der Waals surface area contributed by atoms with Crippen LogP contribution in [-0.2, 0) is 32.6 Å². The zero-order valence-corrected chi connectivity index (χ0v) is 25.6. The van der Waals surface area contributed by atoms with E-state index in [1.807, 2.05) is 25.1 Å². The van der Waals surface area contributed by atoms with Crippen LogP contribution in [0.1, 0.15) is 30.5 Å². The van der Waals surface area contributed by atoms with Crippen molar-refractivity contribution in [2.45, 2.75) is 50.7 Å². The van der Waals surface area contributed by atoms with Gasteiger partial charge in [-0.05, 0) is 68.8 Å². The monoisotopic (exact) mass is 619 g/mol.